The first-order chi connectivity index (χ1) is 11.3. The first-order valence-corrected chi connectivity index (χ1v) is 9.17. The molecule has 122 valence electrons. The van der Waals surface area contributed by atoms with Gasteiger partial charge in [0.15, 0.2) is 0 Å². The van der Waals surface area contributed by atoms with Gasteiger partial charge in [-0.2, -0.15) is 0 Å². The Balaban J connectivity index is 1.49. The van der Waals surface area contributed by atoms with E-state index >= 15 is 0 Å². The molecular weight excluding hydrogens is 306 g/mol. The Morgan fingerprint density at radius 1 is 1.22 bits per heavy atom. The highest BCUT2D eigenvalue weighted by Gasteiger charge is 2.26. The lowest BCUT2D eigenvalue weighted by Gasteiger charge is -2.31. The van der Waals surface area contributed by atoms with Gasteiger partial charge in [-0.05, 0) is 47.8 Å². The number of piperidine rings is 1. The fraction of sp³-hybridized carbons (Fsp3) is 0.421. The number of thiophene rings is 1. The molecule has 0 atom stereocenters. The number of likely N-dealkylation sites (tertiary alicyclic amines) is 1. The predicted molar refractivity (Wildman–Crippen MR) is 93.9 cm³/mol. The topological polar surface area (TPSA) is 29.5 Å². The Labute approximate surface area is 141 Å². The van der Waals surface area contributed by atoms with Gasteiger partial charge in [0.1, 0.15) is 6.61 Å². The van der Waals surface area contributed by atoms with E-state index in [4.69, 9.17) is 4.74 Å². The number of carbonyl (C=O) groups is 1. The first kappa shape index (κ1) is 16.1. The first-order valence-electron chi connectivity index (χ1n) is 8.29. The Hall–Kier alpha value is -1.81. The molecule has 0 aliphatic carbocycles. The number of nitrogens with zero attached hydrogens (tertiary/aromatic N) is 1. The van der Waals surface area contributed by atoms with E-state index in [9.17, 15) is 4.79 Å². The molecule has 1 amide bonds. The summed E-state index contributed by atoms with van der Waals surface area (Å²) in [5.74, 6) is 0.592. The van der Waals surface area contributed by atoms with Crippen LogP contribution in [0.1, 0.15) is 41.7 Å². The van der Waals surface area contributed by atoms with E-state index in [-0.39, 0.29) is 6.09 Å². The lowest BCUT2D eigenvalue weighted by molar-refractivity contribution is 0.0870. The number of hydrogen-bond acceptors (Lipinski definition) is 3. The van der Waals surface area contributed by atoms with Crippen molar-refractivity contribution in [2.45, 2.75) is 38.7 Å². The van der Waals surface area contributed by atoms with Gasteiger partial charge in [0.25, 0.3) is 0 Å². The van der Waals surface area contributed by atoms with Crippen LogP contribution in [0.5, 0.6) is 0 Å². The second-order valence-corrected chi connectivity index (χ2v) is 6.95. The van der Waals surface area contributed by atoms with Crippen LogP contribution >= 0.6 is 11.3 Å². The van der Waals surface area contributed by atoms with Gasteiger partial charge in [-0.1, -0.05) is 37.3 Å². The maximum Gasteiger partial charge on any atom is 0.410 e. The van der Waals surface area contributed by atoms with Crippen LogP contribution in [0.4, 0.5) is 4.79 Å². The third-order valence-corrected chi connectivity index (χ3v) is 5.58. The van der Waals surface area contributed by atoms with Crippen molar-refractivity contribution in [1.82, 2.24) is 4.90 Å². The van der Waals surface area contributed by atoms with Crippen LogP contribution in [0.3, 0.4) is 0 Å². The summed E-state index contributed by atoms with van der Waals surface area (Å²) in [6.07, 6.45) is 2.98. The number of amides is 1. The minimum absolute atomic E-state index is 0.187. The maximum absolute atomic E-state index is 12.2. The Kier molecular flexibility index (Phi) is 5.34. The van der Waals surface area contributed by atoms with Gasteiger partial charge in [-0.15, -0.1) is 11.3 Å². The van der Waals surface area contributed by atoms with Gasteiger partial charge in [0, 0.05) is 18.0 Å². The average Bonchev–Trinajstić information content (AvgIpc) is 3.09. The monoisotopic (exact) mass is 329 g/mol. The van der Waals surface area contributed by atoms with Gasteiger partial charge in [0.05, 0.1) is 0 Å². The minimum atomic E-state index is -0.187. The quantitative estimate of drug-likeness (QED) is 0.804. The van der Waals surface area contributed by atoms with Crippen molar-refractivity contribution in [3.63, 3.8) is 0 Å². The molecule has 3 rings (SSSR count). The van der Waals surface area contributed by atoms with Crippen LogP contribution in [0.25, 0.3) is 0 Å². The molecule has 0 saturated carbocycles. The zero-order valence-electron chi connectivity index (χ0n) is 13.5. The van der Waals surface area contributed by atoms with E-state index in [0.717, 1.165) is 37.9 Å². The summed E-state index contributed by atoms with van der Waals surface area (Å²) >= 11 is 1.85. The zero-order chi connectivity index (χ0) is 16.1. The molecular formula is C19H23NO2S. The molecule has 2 aromatic rings. The molecule has 3 nitrogen and oxygen atoms in total. The number of rotatable bonds is 4. The van der Waals surface area contributed by atoms with Crippen molar-refractivity contribution in [3.8, 4) is 0 Å². The minimum Gasteiger partial charge on any atom is -0.445 e. The Morgan fingerprint density at radius 2 is 1.96 bits per heavy atom. The number of hydrogen-bond donors (Lipinski definition) is 0. The highest BCUT2D eigenvalue weighted by Crippen LogP contribution is 2.33. The number of aryl methyl sites for hydroxylation is 1. The lowest BCUT2D eigenvalue weighted by atomic mass is 9.89. The van der Waals surface area contributed by atoms with Crippen molar-refractivity contribution in [2.24, 2.45) is 0 Å². The van der Waals surface area contributed by atoms with E-state index in [1.165, 1.54) is 10.4 Å². The molecule has 1 aromatic heterocycles. The maximum atomic E-state index is 12.2. The van der Waals surface area contributed by atoms with Crippen molar-refractivity contribution < 1.29 is 9.53 Å². The summed E-state index contributed by atoms with van der Waals surface area (Å²) in [5, 5.41) is 2.19. The van der Waals surface area contributed by atoms with Crippen LogP contribution in [0.2, 0.25) is 0 Å². The van der Waals surface area contributed by atoms with Crippen LogP contribution in [-0.2, 0) is 17.8 Å². The number of carbonyl (C=O) groups excluding carboxylic acids is 1. The van der Waals surface area contributed by atoms with Crippen molar-refractivity contribution in [3.05, 3.63) is 57.8 Å². The fourth-order valence-corrected chi connectivity index (χ4v) is 4.10. The Morgan fingerprint density at radius 3 is 2.65 bits per heavy atom. The number of benzene rings is 1. The smallest absolute Gasteiger partial charge is 0.410 e. The van der Waals surface area contributed by atoms with Crippen LogP contribution in [-0.4, -0.2) is 24.1 Å². The van der Waals surface area contributed by atoms with E-state index in [1.54, 1.807) is 0 Å². The van der Waals surface area contributed by atoms with Crippen LogP contribution in [0, 0.1) is 0 Å². The van der Waals surface area contributed by atoms with Gasteiger partial charge in [-0.25, -0.2) is 4.79 Å². The van der Waals surface area contributed by atoms with Crippen LogP contribution < -0.4 is 0 Å². The summed E-state index contributed by atoms with van der Waals surface area (Å²) in [6, 6.07) is 12.1. The molecule has 0 unspecified atom stereocenters. The van der Waals surface area contributed by atoms with Crippen molar-refractivity contribution in [1.29, 1.82) is 0 Å². The van der Waals surface area contributed by atoms with E-state index in [2.05, 4.69) is 18.4 Å². The molecule has 0 radical (unpaired) electrons. The molecule has 1 aliphatic heterocycles. The summed E-state index contributed by atoms with van der Waals surface area (Å²) < 4.78 is 5.43. The zero-order valence-corrected chi connectivity index (χ0v) is 14.3. The lowest BCUT2D eigenvalue weighted by Crippen LogP contribution is -2.38. The molecule has 23 heavy (non-hydrogen) atoms. The SMILES string of the molecule is CCc1sccc1C1CCN(C(=O)OCc2ccccc2)CC1. The molecule has 0 spiro atoms. The fourth-order valence-electron chi connectivity index (χ4n) is 3.19. The largest absolute Gasteiger partial charge is 0.445 e. The van der Waals surface area contributed by atoms with Gasteiger partial charge < -0.3 is 9.64 Å². The van der Waals surface area contributed by atoms with E-state index in [0.29, 0.717) is 12.5 Å². The van der Waals surface area contributed by atoms with Gasteiger partial charge >= 0.3 is 6.09 Å². The summed E-state index contributed by atoms with van der Waals surface area (Å²) in [6.45, 7) is 4.14. The summed E-state index contributed by atoms with van der Waals surface area (Å²) in [5.41, 5.74) is 2.52. The summed E-state index contributed by atoms with van der Waals surface area (Å²) in [4.78, 5) is 15.5. The molecule has 1 aromatic carbocycles. The molecule has 0 bridgehead atoms. The molecule has 0 N–H and O–H groups in total. The predicted octanol–water partition coefficient (Wildman–Crippen LogP) is 4.83. The van der Waals surface area contributed by atoms with Crippen molar-refractivity contribution >= 4 is 17.4 Å². The Bertz CT molecular complexity index is 630. The number of ether oxygens (including phenoxy) is 1. The molecule has 1 saturated heterocycles. The molecule has 1 aliphatic rings. The standard InChI is InChI=1S/C19H23NO2S/c1-2-18-17(10-13-23-18)16-8-11-20(12-9-16)19(21)22-14-15-6-4-3-5-7-15/h3-7,10,13,16H,2,8-9,11-12,14H2,1H3. The molecule has 1 fully saturated rings. The summed E-state index contributed by atoms with van der Waals surface area (Å²) in [7, 11) is 0. The highest BCUT2D eigenvalue weighted by molar-refractivity contribution is 7.10. The third-order valence-electron chi connectivity index (χ3n) is 4.50. The third kappa shape index (κ3) is 3.94. The van der Waals surface area contributed by atoms with E-state index < -0.39 is 0 Å². The second-order valence-electron chi connectivity index (χ2n) is 5.95. The normalized spacial score (nSPS) is 15.6. The average molecular weight is 329 g/mol. The van der Waals surface area contributed by atoms with Crippen LogP contribution in [0.15, 0.2) is 41.8 Å². The molecule has 4 heteroatoms. The van der Waals surface area contributed by atoms with Gasteiger partial charge in [-0.3, -0.25) is 0 Å². The van der Waals surface area contributed by atoms with Crippen molar-refractivity contribution in [2.75, 3.05) is 13.1 Å². The van der Waals surface area contributed by atoms with E-state index in [1.807, 2.05) is 46.6 Å². The molecule has 2 heterocycles. The second kappa shape index (κ2) is 7.64. The highest BCUT2D eigenvalue weighted by atomic mass is 32.1. The van der Waals surface area contributed by atoms with Gasteiger partial charge in [0.2, 0.25) is 0 Å².